The zero-order valence-corrected chi connectivity index (χ0v) is 17.9. The van der Waals surface area contributed by atoms with Gasteiger partial charge in [0.25, 0.3) is 0 Å². The van der Waals surface area contributed by atoms with Crippen molar-refractivity contribution in [2.45, 2.75) is 0 Å². The quantitative estimate of drug-likeness (QED) is 0.204. The lowest BCUT2D eigenvalue weighted by Crippen LogP contribution is -2.09. The standard InChI is InChI=1S/C30H22O3/c31-29(21-27(23-13-5-1-6-14-23)24-15-7-2-8-16-24)33-30(32)22-28(25-17-9-3-10-18-25)26-19-11-4-12-20-26/h1-22H. The number of carbonyl (C=O) groups is 2. The lowest BCUT2D eigenvalue weighted by Gasteiger charge is -2.09. The van der Waals surface area contributed by atoms with Gasteiger partial charge in [-0.05, 0) is 33.4 Å². The third-order valence-electron chi connectivity index (χ3n) is 5.06. The number of hydrogen-bond acceptors (Lipinski definition) is 3. The van der Waals surface area contributed by atoms with E-state index >= 15 is 0 Å². The van der Waals surface area contributed by atoms with Gasteiger partial charge in [0.15, 0.2) is 0 Å². The van der Waals surface area contributed by atoms with Gasteiger partial charge in [0, 0.05) is 12.2 Å². The minimum absolute atomic E-state index is 0.685. The van der Waals surface area contributed by atoms with Gasteiger partial charge in [-0.15, -0.1) is 0 Å². The van der Waals surface area contributed by atoms with Crippen molar-refractivity contribution in [3.05, 3.63) is 156 Å². The van der Waals surface area contributed by atoms with E-state index in [4.69, 9.17) is 4.74 Å². The highest BCUT2D eigenvalue weighted by atomic mass is 16.6. The fraction of sp³-hybridized carbons (Fsp3) is 0. The predicted octanol–water partition coefficient (Wildman–Crippen LogP) is 6.32. The van der Waals surface area contributed by atoms with Crippen LogP contribution in [0.1, 0.15) is 22.3 Å². The monoisotopic (exact) mass is 430 g/mol. The minimum Gasteiger partial charge on any atom is -0.387 e. The van der Waals surface area contributed by atoms with Crippen LogP contribution < -0.4 is 0 Å². The Bertz CT molecular complexity index is 1090. The molecule has 0 radical (unpaired) electrons. The maximum atomic E-state index is 12.7. The molecule has 3 heteroatoms. The van der Waals surface area contributed by atoms with Crippen LogP contribution in [0.3, 0.4) is 0 Å². The molecule has 0 aromatic heterocycles. The molecule has 4 aromatic rings. The van der Waals surface area contributed by atoms with Gasteiger partial charge in [0.05, 0.1) is 0 Å². The van der Waals surface area contributed by atoms with Gasteiger partial charge < -0.3 is 4.74 Å². The smallest absolute Gasteiger partial charge is 0.339 e. The molecule has 33 heavy (non-hydrogen) atoms. The molecule has 0 aliphatic carbocycles. The van der Waals surface area contributed by atoms with Crippen LogP contribution in [0, 0.1) is 0 Å². The SMILES string of the molecule is O=C(C=C(c1ccccc1)c1ccccc1)OC(=O)C=C(c1ccccc1)c1ccccc1. The van der Waals surface area contributed by atoms with E-state index in [0.29, 0.717) is 11.1 Å². The first-order valence-electron chi connectivity index (χ1n) is 10.6. The van der Waals surface area contributed by atoms with E-state index in [1.165, 1.54) is 12.2 Å². The van der Waals surface area contributed by atoms with E-state index in [2.05, 4.69) is 0 Å². The van der Waals surface area contributed by atoms with E-state index in [0.717, 1.165) is 22.3 Å². The molecule has 0 unspecified atom stereocenters. The molecular formula is C30H22O3. The van der Waals surface area contributed by atoms with Crippen molar-refractivity contribution in [1.29, 1.82) is 0 Å². The molecule has 160 valence electrons. The van der Waals surface area contributed by atoms with E-state index < -0.39 is 11.9 Å². The van der Waals surface area contributed by atoms with Crippen molar-refractivity contribution in [2.24, 2.45) is 0 Å². The highest BCUT2D eigenvalue weighted by molar-refractivity contribution is 6.05. The molecule has 0 saturated carbocycles. The van der Waals surface area contributed by atoms with Crippen molar-refractivity contribution in [1.82, 2.24) is 0 Å². The van der Waals surface area contributed by atoms with Crippen molar-refractivity contribution >= 4 is 23.1 Å². The summed E-state index contributed by atoms with van der Waals surface area (Å²) in [6, 6.07) is 38.1. The maximum absolute atomic E-state index is 12.7. The van der Waals surface area contributed by atoms with Crippen LogP contribution in [0.5, 0.6) is 0 Å². The fourth-order valence-electron chi connectivity index (χ4n) is 3.53. The Kier molecular flexibility index (Phi) is 7.04. The minimum atomic E-state index is -0.723. The second kappa shape index (κ2) is 10.7. The van der Waals surface area contributed by atoms with Crippen LogP contribution in [-0.2, 0) is 14.3 Å². The molecule has 3 nitrogen and oxygen atoms in total. The molecule has 4 rings (SSSR count). The highest BCUT2D eigenvalue weighted by Crippen LogP contribution is 2.25. The number of esters is 2. The van der Waals surface area contributed by atoms with Gasteiger partial charge in [0.2, 0.25) is 0 Å². The molecule has 0 aliphatic rings. The molecular weight excluding hydrogens is 408 g/mol. The lowest BCUT2D eigenvalue weighted by atomic mass is 9.97. The first-order valence-corrected chi connectivity index (χ1v) is 10.6. The number of benzene rings is 4. The van der Waals surface area contributed by atoms with Crippen molar-refractivity contribution in [2.75, 3.05) is 0 Å². The molecule has 4 aromatic carbocycles. The van der Waals surface area contributed by atoms with Crippen LogP contribution in [0.25, 0.3) is 11.1 Å². The topological polar surface area (TPSA) is 43.4 Å². The summed E-state index contributed by atoms with van der Waals surface area (Å²) >= 11 is 0. The molecule has 0 spiro atoms. The van der Waals surface area contributed by atoms with Crippen LogP contribution >= 0.6 is 0 Å². The van der Waals surface area contributed by atoms with E-state index in [-0.39, 0.29) is 0 Å². The van der Waals surface area contributed by atoms with Gasteiger partial charge in [-0.1, -0.05) is 121 Å². The molecule has 0 saturated heterocycles. The number of carbonyl (C=O) groups excluding carboxylic acids is 2. The molecule has 0 atom stereocenters. The summed E-state index contributed by atoms with van der Waals surface area (Å²) in [5.74, 6) is -1.45. The van der Waals surface area contributed by atoms with E-state index in [1.54, 1.807) is 0 Å². The molecule has 0 fully saturated rings. The largest absolute Gasteiger partial charge is 0.387 e. The van der Waals surface area contributed by atoms with Crippen LogP contribution in [0.4, 0.5) is 0 Å². The van der Waals surface area contributed by atoms with Crippen LogP contribution in [0.2, 0.25) is 0 Å². The highest BCUT2D eigenvalue weighted by Gasteiger charge is 2.13. The summed E-state index contributed by atoms with van der Waals surface area (Å²) in [4.78, 5) is 25.4. The van der Waals surface area contributed by atoms with E-state index in [9.17, 15) is 9.59 Å². The summed E-state index contributed by atoms with van der Waals surface area (Å²) in [6.45, 7) is 0. The van der Waals surface area contributed by atoms with Gasteiger partial charge in [0.1, 0.15) is 0 Å². The van der Waals surface area contributed by atoms with Crippen molar-refractivity contribution in [3.63, 3.8) is 0 Å². The predicted molar refractivity (Wildman–Crippen MR) is 131 cm³/mol. The average molecular weight is 431 g/mol. The maximum Gasteiger partial charge on any atom is 0.339 e. The Morgan fingerprint density at radius 3 is 0.909 bits per heavy atom. The molecule has 0 heterocycles. The number of hydrogen-bond donors (Lipinski definition) is 0. The summed E-state index contributed by atoms with van der Waals surface area (Å²) < 4.78 is 5.17. The third-order valence-corrected chi connectivity index (χ3v) is 5.06. The van der Waals surface area contributed by atoms with E-state index in [1.807, 2.05) is 121 Å². The Morgan fingerprint density at radius 2 is 0.667 bits per heavy atom. The van der Waals surface area contributed by atoms with Crippen molar-refractivity contribution in [3.8, 4) is 0 Å². The lowest BCUT2D eigenvalue weighted by molar-refractivity contribution is -0.152. The second-order valence-electron chi connectivity index (χ2n) is 7.32. The van der Waals surface area contributed by atoms with Crippen molar-refractivity contribution < 1.29 is 14.3 Å². The first kappa shape index (κ1) is 21.7. The molecule has 0 N–H and O–H groups in total. The van der Waals surface area contributed by atoms with Gasteiger partial charge in [-0.3, -0.25) is 0 Å². The Balaban J connectivity index is 1.63. The third kappa shape index (κ3) is 5.81. The summed E-state index contributed by atoms with van der Waals surface area (Å²) in [5.41, 5.74) is 4.81. The number of rotatable bonds is 6. The van der Waals surface area contributed by atoms with Gasteiger partial charge in [-0.2, -0.15) is 0 Å². The zero-order chi connectivity index (χ0) is 22.9. The van der Waals surface area contributed by atoms with Crippen LogP contribution in [-0.4, -0.2) is 11.9 Å². The Labute approximate surface area is 193 Å². The Morgan fingerprint density at radius 1 is 0.424 bits per heavy atom. The summed E-state index contributed by atoms with van der Waals surface area (Å²) in [6.07, 6.45) is 2.72. The molecule has 0 amide bonds. The summed E-state index contributed by atoms with van der Waals surface area (Å²) in [7, 11) is 0. The molecule has 0 bridgehead atoms. The normalized spacial score (nSPS) is 10.1. The summed E-state index contributed by atoms with van der Waals surface area (Å²) in [5, 5.41) is 0. The average Bonchev–Trinajstić information content (AvgIpc) is 2.88. The Hall–Kier alpha value is -4.50. The van der Waals surface area contributed by atoms with Gasteiger partial charge >= 0.3 is 11.9 Å². The fourth-order valence-corrected chi connectivity index (χ4v) is 3.53. The number of ether oxygens (including phenoxy) is 1. The van der Waals surface area contributed by atoms with Crippen LogP contribution in [0.15, 0.2) is 133 Å². The first-order chi connectivity index (χ1) is 16.2. The second-order valence-corrected chi connectivity index (χ2v) is 7.32. The van der Waals surface area contributed by atoms with Gasteiger partial charge in [-0.25, -0.2) is 9.59 Å². The zero-order valence-electron chi connectivity index (χ0n) is 17.9. The molecule has 0 aliphatic heterocycles.